The van der Waals surface area contributed by atoms with Crippen LogP contribution in [0.4, 0.5) is 0 Å². The van der Waals surface area contributed by atoms with Gasteiger partial charge in [-0.15, -0.1) is 17.4 Å². The van der Waals surface area contributed by atoms with E-state index in [2.05, 4.69) is 34.8 Å². The summed E-state index contributed by atoms with van der Waals surface area (Å²) in [5, 5.41) is 4.15. The molecule has 88 valence electrons. The van der Waals surface area contributed by atoms with Crippen molar-refractivity contribution < 1.29 is 0 Å². The maximum Gasteiger partial charge on any atom is 0.0829 e. The van der Waals surface area contributed by atoms with E-state index in [-0.39, 0.29) is 6.04 Å². The summed E-state index contributed by atoms with van der Waals surface area (Å²) in [5.41, 5.74) is 3.86. The summed E-state index contributed by atoms with van der Waals surface area (Å²) in [5.74, 6) is 8.57. The molecule has 5 heteroatoms. The van der Waals surface area contributed by atoms with Crippen LogP contribution in [0.1, 0.15) is 55.6 Å². The molecular formula is C11H18N4S. The van der Waals surface area contributed by atoms with Crippen LogP contribution in [0.25, 0.3) is 0 Å². The summed E-state index contributed by atoms with van der Waals surface area (Å²) < 4.78 is 4.00. The average Bonchev–Trinajstić information content (AvgIpc) is 2.73. The highest BCUT2D eigenvalue weighted by Gasteiger charge is 2.19. The Morgan fingerprint density at radius 2 is 2.31 bits per heavy atom. The van der Waals surface area contributed by atoms with Crippen molar-refractivity contribution in [3.63, 3.8) is 0 Å². The number of nitrogens with one attached hydrogen (secondary N) is 1. The molecular weight excluding hydrogens is 220 g/mol. The fourth-order valence-electron chi connectivity index (χ4n) is 1.54. The van der Waals surface area contributed by atoms with Gasteiger partial charge < -0.3 is 0 Å². The van der Waals surface area contributed by atoms with Crippen LogP contribution in [-0.2, 0) is 0 Å². The molecule has 0 saturated carbocycles. The van der Waals surface area contributed by atoms with Crippen LogP contribution >= 0.6 is 11.5 Å². The minimum Gasteiger partial charge on any atom is -0.271 e. The first kappa shape index (κ1) is 13.1. The quantitative estimate of drug-likeness (QED) is 0.344. The molecule has 1 rings (SSSR count). The number of hydrogen-bond donors (Lipinski definition) is 2. The number of aromatic nitrogens is 2. The van der Waals surface area contributed by atoms with Crippen molar-refractivity contribution in [2.75, 3.05) is 0 Å². The van der Waals surface area contributed by atoms with Gasteiger partial charge in [0.15, 0.2) is 0 Å². The third kappa shape index (κ3) is 3.27. The Kier molecular flexibility index (Phi) is 5.39. The van der Waals surface area contributed by atoms with Crippen molar-refractivity contribution in [1.82, 2.24) is 15.0 Å². The number of hydrogen-bond acceptors (Lipinski definition) is 5. The average molecular weight is 238 g/mol. The highest BCUT2D eigenvalue weighted by molar-refractivity contribution is 7.05. The Bertz CT molecular complexity index is 353. The Morgan fingerprint density at radius 3 is 2.88 bits per heavy atom. The standard InChI is InChI=1S/C11H18N4S/c1-4-5-6-7-9(13-12)11-10(8(2)3)14-15-16-11/h1,8-9,13H,5-7,12H2,2-3H3. The van der Waals surface area contributed by atoms with E-state index in [0.717, 1.165) is 29.8 Å². The van der Waals surface area contributed by atoms with Gasteiger partial charge in [0.2, 0.25) is 0 Å². The monoisotopic (exact) mass is 238 g/mol. The fraction of sp³-hybridized carbons (Fsp3) is 0.636. The summed E-state index contributed by atoms with van der Waals surface area (Å²) in [6.45, 7) is 4.21. The molecule has 0 spiro atoms. The first-order chi connectivity index (χ1) is 7.70. The lowest BCUT2D eigenvalue weighted by atomic mass is 10.0. The number of nitrogens with zero attached hydrogens (tertiary/aromatic N) is 2. The van der Waals surface area contributed by atoms with Crippen LogP contribution < -0.4 is 11.3 Å². The Balaban J connectivity index is 2.71. The van der Waals surface area contributed by atoms with Crippen molar-refractivity contribution >= 4 is 11.5 Å². The first-order valence-electron chi connectivity index (χ1n) is 5.42. The van der Waals surface area contributed by atoms with Crippen LogP contribution in [-0.4, -0.2) is 9.59 Å². The number of nitrogens with two attached hydrogens (primary N) is 1. The zero-order valence-electron chi connectivity index (χ0n) is 9.73. The molecule has 1 atom stereocenters. The zero-order chi connectivity index (χ0) is 12.0. The van der Waals surface area contributed by atoms with Crippen LogP contribution in [0.2, 0.25) is 0 Å². The first-order valence-corrected chi connectivity index (χ1v) is 6.19. The molecule has 3 N–H and O–H groups in total. The predicted octanol–water partition coefficient (Wildman–Crippen LogP) is 1.97. The zero-order valence-corrected chi connectivity index (χ0v) is 10.5. The Labute approximate surface area is 101 Å². The number of hydrazine groups is 1. The summed E-state index contributed by atoms with van der Waals surface area (Å²) >= 11 is 1.41. The molecule has 0 bridgehead atoms. The molecule has 16 heavy (non-hydrogen) atoms. The molecule has 0 aliphatic heterocycles. The van der Waals surface area contributed by atoms with Gasteiger partial charge in [0.05, 0.1) is 16.6 Å². The van der Waals surface area contributed by atoms with Crippen LogP contribution in [0, 0.1) is 12.3 Å². The summed E-state index contributed by atoms with van der Waals surface area (Å²) in [4.78, 5) is 1.13. The molecule has 0 aliphatic rings. The fourth-order valence-corrected chi connectivity index (χ4v) is 2.44. The second-order valence-corrected chi connectivity index (χ2v) is 4.78. The second kappa shape index (κ2) is 6.59. The summed E-state index contributed by atoms with van der Waals surface area (Å²) in [6.07, 6.45) is 7.89. The largest absolute Gasteiger partial charge is 0.271 e. The molecule has 0 saturated heterocycles. The predicted molar refractivity (Wildman–Crippen MR) is 66.7 cm³/mol. The number of unbranched alkanes of at least 4 members (excludes halogenated alkanes) is 1. The highest BCUT2D eigenvalue weighted by Crippen LogP contribution is 2.28. The smallest absolute Gasteiger partial charge is 0.0829 e. The van der Waals surface area contributed by atoms with E-state index >= 15 is 0 Å². The molecule has 0 amide bonds. The van der Waals surface area contributed by atoms with Gasteiger partial charge in [-0.05, 0) is 30.3 Å². The topological polar surface area (TPSA) is 63.8 Å². The van der Waals surface area contributed by atoms with E-state index in [0.29, 0.717) is 5.92 Å². The SMILES string of the molecule is C#CCCCC(NN)c1snnc1C(C)C. The second-order valence-electron chi connectivity index (χ2n) is 3.99. The normalized spacial score (nSPS) is 12.7. The van der Waals surface area contributed by atoms with Gasteiger partial charge in [0.1, 0.15) is 0 Å². The molecule has 0 aliphatic carbocycles. The van der Waals surface area contributed by atoms with Gasteiger partial charge >= 0.3 is 0 Å². The van der Waals surface area contributed by atoms with Crippen molar-refractivity contribution in [3.05, 3.63) is 10.6 Å². The molecule has 1 unspecified atom stereocenters. The van der Waals surface area contributed by atoms with E-state index in [4.69, 9.17) is 12.3 Å². The molecule has 4 nitrogen and oxygen atoms in total. The lowest BCUT2D eigenvalue weighted by Gasteiger charge is -2.15. The molecule has 0 fully saturated rings. The molecule has 1 aromatic heterocycles. The van der Waals surface area contributed by atoms with Crippen LogP contribution in [0.3, 0.4) is 0 Å². The Hall–Kier alpha value is -0.960. The molecule has 0 radical (unpaired) electrons. The van der Waals surface area contributed by atoms with Gasteiger partial charge in [0.25, 0.3) is 0 Å². The van der Waals surface area contributed by atoms with Gasteiger partial charge in [-0.3, -0.25) is 11.3 Å². The third-order valence-electron chi connectivity index (χ3n) is 2.42. The Morgan fingerprint density at radius 1 is 1.56 bits per heavy atom. The highest BCUT2D eigenvalue weighted by atomic mass is 32.1. The van der Waals surface area contributed by atoms with Crippen molar-refractivity contribution in [2.24, 2.45) is 5.84 Å². The lowest BCUT2D eigenvalue weighted by Crippen LogP contribution is -2.28. The van der Waals surface area contributed by atoms with Gasteiger partial charge in [0, 0.05) is 6.42 Å². The van der Waals surface area contributed by atoms with E-state index in [1.807, 2.05) is 0 Å². The van der Waals surface area contributed by atoms with Crippen LogP contribution in [0.15, 0.2) is 0 Å². The summed E-state index contributed by atoms with van der Waals surface area (Å²) in [7, 11) is 0. The molecule has 1 aromatic rings. The van der Waals surface area contributed by atoms with Gasteiger partial charge in [-0.25, -0.2) is 0 Å². The van der Waals surface area contributed by atoms with Crippen molar-refractivity contribution in [3.8, 4) is 12.3 Å². The van der Waals surface area contributed by atoms with E-state index in [9.17, 15) is 0 Å². The van der Waals surface area contributed by atoms with Gasteiger partial charge in [-0.1, -0.05) is 18.3 Å². The lowest BCUT2D eigenvalue weighted by molar-refractivity contribution is 0.503. The van der Waals surface area contributed by atoms with Crippen molar-refractivity contribution in [2.45, 2.75) is 45.1 Å². The van der Waals surface area contributed by atoms with E-state index < -0.39 is 0 Å². The van der Waals surface area contributed by atoms with E-state index in [1.165, 1.54) is 11.5 Å². The maximum atomic E-state index is 5.56. The number of rotatable bonds is 6. The maximum absolute atomic E-state index is 5.56. The minimum absolute atomic E-state index is 0.116. The summed E-state index contributed by atoms with van der Waals surface area (Å²) in [6, 6.07) is 0.116. The minimum atomic E-state index is 0.116. The van der Waals surface area contributed by atoms with Crippen LogP contribution in [0.5, 0.6) is 0 Å². The number of terminal acetylenes is 1. The molecule has 1 heterocycles. The van der Waals surface area contributed by atoms with Gasteiger partial charge in [-0.2, -0.15) is 0 Å². The molecule has 0 aromatic carbocycles. The van der Waals surface area contributed by atoms with E-state index in [1.54, 1.807) is 0 Å². The third-order valence-corrected chi connectivity index (χ3v) is 3.27. The van der Waals surface area contributed by atoms with Crippen molar-refractivity contribution in [1.29, 1.82) is 0 Å².